The Morgan fingerprint density at radius 3 is 2.71 bits per heavy atom. The van der Waals surface area contributed by atoms with Gasteiger partial charge in [0.1, 0.15) is 5.82 Å². The van der Waals surface area contributed by atoms with Crippen LogP contribution in [0.5, 0.6) is 0 Å². The summed E-state index contributed by atoms with van der Waals surface area (Å²) < 4.78 is 1.83. The topological polar surface area (TPSA) is 50.3 Å². The molecule has 5 nitrogen and oxygen atoms in total. The monoisotopic (exact) mass is 229 g/mol. The summed E-state index contributed by atoms with van der Waals surface area (Å²) >= 11 is 0. The number of imidazole rings is 1. The first kappa shape index (κ1) is 10.3. The van der Waals surface area contributed by atoms with Crippen LogP contribution in [0.25, 0.3) is 10.6 Å². The maximum Gasteiger partial charge on any atom is 0.346 e. The average molecular weight is 229 g/mol. The fraction of sp³-hybridized carbons (Fsp3) is 0.583. The van der Waals surface area contributed by atoms with Gasteiger partial charge in [0.15, 0.2) is 0 Å². The molecule has 2 aromatic rings. The van der Waals surface area contributed by atoms with Crippen LogP contribution < -0.4 is 0 Å². The van der Waals surface area contributed by atoms with Crippen molar-refractivity contribution in [3.05, 3.63) is 22.9 Å². The van der Waals surface area contributed by atoms with Crippen LogP contribution in [0.4, 0.5) is 5.82 Å². The molecule has 0 aliphatic heterocycles. The molecule has 88 valence electrons. The number of fused-ring (bicyclic) bond motifs is 1. The summed E-state index contributed by atoms with van der Waals surface area (Å²) in [5.74, 6) is 2.65. The normalized spacial score (nSPS) is 17.4. The van der Waals surface area contributed by atoms with Gasteiger partial charge in [0.05, 0.1) is 5.69 Å². The molecule has 0 bridgehead atoms. The molecule has 0 unspecified atom stereocenters. The molecular formula is C12H15N5. The van der Waals surface area contributed by atoms with Gasteiger partial charge in [-0.1, -0.05) is 30.8 Å². The number of hydrogen-bond acceptors (Lipinski definition) is 2. The van der Waals surface area contributed by atoms with Crippen LogP contribution in [-0.2, 0) is 0 Å². The van der Waals surface area contributed by atoms with Gasteiger partial charge in [0, 0.05) is 5.92 Å². The van der Waals surface area contributed by atoms with Gasteiger partial charge >= 0.3 is 5.78 Å². The van der Waals surface area contributed by atoms with E-state index in [1.54, 1.807) is 0 Å². The van der Waals surface area contributed by atoms with Gasteiger partial charge in [-0.05, 0) is 19.8 Å². The van der Waals surface area contributed by atoms with E-state index >= 15 is 0 Å². The Hall–Kier alpha value is -1.83. The maximum absolute atomic E-state index is 7.01. The second kappa shape index (κ2) is 3.88. The summed E-state index contributed by atoms with van der Waals surface area (Å²) in [5, 5.41) is 3.29. The Balaban J connectivity index is 2.00. The highest BCUT2D eigenvalue weighted by Gasteiger charge is 2.22. The number of hydrogen-bond donors (Lipinski definition) is 1. The molecule has 1 saturated carbocycles. The van der Waals surface area contributed by atoms with E-state index in [1.165, 1.54) is 32.1 Å². The zero-order chi connectivity index (χ0) is 11.8. The molecule has 0 radical (unpaired) electrons. The highest BCUT2D eigenvalue weighted by molar-refractivity contribution is 5.50. The second-order valence-corrected chi connectivity index (χ2v) is 4.71. The van der Waals surface area contributed by atoms with E-state index in [4.69, 9.17) is 6.57 Å². The first-order valence-electron chi connectivity index (χ1n) is 6.12. The predicted molar refractivity (Wildman–Crippen MR) is 64.2 cm³/mol. The second-order valence-electron chi connectivity index (χ2n) is 4.71. The smallest absolute Gasteiger partial charge is 0.346 e. The average Bonchev–Trinajstić information content (AvgIpc) is 2.90. The molecule has 1 fully saturated rings. The maximum atomic E-state index is 7.01. The molecule has 17 heavy (non-hydrogen) atoms. The molecule has 1 N–H and O–H groups in total. The molecule has 0 spiro atoms. The van der Waals surface area contributed by atoms with Gasteiger partial charge in [0.2, 0.25) is 0 Å². The molecular weight excluding hydrogens is 214 g/mol. The molecule has 0 aromatic carbocycles. The molecule has 1 aliphatic rings. The minimum atomic E-state index is 0.443. The van der Waals surface area contributed by atoms with Crippen LogP contribution in [0, 0.1) is 13.5 Å². The van der Waals surface area contributed by atoms with Gasteiger partial charge in [-0.2, -0.15) is 4.98 Å². The zero-order valence-electron chi connectivity index (χ0n) is 9.90. The van der Waals surface area contributed by atoms with E-state index in [-0.39, 0.29) is 0 Å². The third-order valence-electron chi connectivity index (χ3n) is 3.61. The van der Waals surface area contributed by atoms with Crippen molar-refractivity contribution in [1.29, 1.82) is 0 Å². The van der Waals surface area contributed by atoms with E-state index in [2.05, 4.69) is 19.9 Å². The van der Waals surface area contributed by atoms with E-state index in [1.807, 2.05) is 11.4 Å². The molecule has 2 aromatic heterocycles. The van der Waals surface area contributed by atoms with Crippen LogP contribution in [0.15, 0.2) is 0 Å². The van der Waals surface area contributed by atoms with Gasteiger partial charge in [-0.25, -0.2) is 4.52 Å². The molecule has 0 atom stereocenters. The summed E-state index contributed by atoms with van der Waals surface area (Å²) in [7, 11) is 0. The van der Waals surface area contributed by atoms with Crippen molar-refractivity contribution in [2.75, 3.05) is 0 Å². The molecule has 2 heterocycles. The Labute approximate surface area is 99.7 Å². The highest BCUT2D eigenvalue weighted by Crippen LogP contribution is 2.31. The minimum absolute atomic E-state index is 0.443. The van der Waals surface area contributed by atoms with Crippen molar-refractivity contribution in [2.45, 2.75) is 44.9 Å². The van der Waals surface area contributed by atoms with E-state index in [0.717, 1.165) is 11.5 Å². The molecule has 5 heteroatoms. The lowest BCUT2D eigenvalue weighted by Crippen LogP contribution is -2.06. The van der Waals surface area contributed by atoms with Gasteiger partial charge in [0.25, 0.3) is 5.82 Å². The number of aromatic amines is 1. The van der Waals surface area contributed by atoms with E-state index < -0.39 is 0 Å². The standard InChI is InChI=1S/C12H15N5/c1-8-10(13-2)14-12-15-11(16-17(8)12)9-6-4-3-5-7-9/h9H,3-7H2,1H3,(H,14,15,16). The summed E-state index contributed by atoms with van der Waals surface area (Å²) in [6.07, 6.45) is 6.35. The number of rotatable bonds is 1. The highest BCUT2D eigenvalue weighted by atomic mass is 15.4. The van der Waals surface area contributed by atoms with Crippen LogP contribution in [-0.4, -0.2) is 19.6 Å². The summed E-state index contributed by atoms with van der Waals surface area (Å²) in [4.78, 5) is 12.1. The Morgan fingerprint density at radius 2 is 2.06 bits per heavy atom. The largest absolute Gasteiger partial charge is 0.359 e. The summed E-state index contributed by atoms with van der Waals surface area (Å²) in [6, 6.07) is 0. The molecule has 1 aliphatic carbocycles. The van der Waals surface area contributed by atoms with Crippen molar-refractivity contribution in [2.24, 2.45) is 0 Å². The van der Waals surface area contributed by atoms with Crippen LogP contribution >= 0.6 is 0 Å². The minimum Gasteiger partial charge on any atom is -0.359 e. The number of nitrogens with one attached hydrogen (secondary N) is 1. The van der Waals surface area contributed by atoms with Gasteiger partial charge in [-0.3, -0.25) is 5.10 Å². The number of H-pyrrole nitrogens is 1. The Kier molecular flexibility index (Phi) is 2.36. The fourth-order valence-corrected chi connectivity index (χ4v) is 2.60. The number of nitrogens with zero attached hydrogens (tertiary/aromatic N) is 4. The van der Waals surface area contributed by atoms with Crippen LogP contribution in [0.1, 0.15) is 49.5 Å². The SMILES string of the molecule is [C-]#[N+]c1nc2nc(C3CCCCC3)[nH]n2c1C. The lowest BCUT2D eigenvalue weighted by Gasteiger charge is -2.18. The van der Waals surface area contributed by atoms with Crippen LogP contribution in [0.3, 0.4) is 0 Å². The van der Waals surface area contributed by atoms with E-state index in [9.17, 15) is 0 Å². The van der Waals surface area contributed by atoms with Crippen molar-refractivity contribution in [3.8, 4) is 0 Å². The third-order valence-corrected chi connectivity index (χ3v) is 3.61. The Morgan fingerprint density at radius 1 is 1.29 bits per heavy atom. The molecule has 0 amide bonds. The van der Waals surface area contributed by atoms with Crippen molar-refractivity contribution >= 4 is 11.6 Å². The third kappa shape index (κ3) is 1.60. The lowest BCUT2D eigenvalue weighted by atomic mass is 9.89. The predicted octanol–water partition coefficient (Wildman–Crippen LogP) is 2.96. The van der Waals surface area contributed by atoms with Crippen molar-refractivity contribution in [1.82, 2.24) is 19.6 Å². The van der Waals surface area contributed by atoms with Crippen LogP contribution in [0.2, 0.25) is 0 Å². The Bertz CT molecular complexity index is 580. The summed E-state index contributed by atoms with van der Waals surface area (Å²) in [6.45, 7) is 8.91. The molecule has 0 saturated heterocycles. The summed E-state index contributed by atoms with van der Waals surface area (Å²) in [5.41, 5.74) is 0.851. The van der Waals surface area contributed by atoms with Crippen molar-refractivity contribution in [3.63, 3.8) is 0 Å². The molecule has 3 rings (SSSR count). The van der Waals surface area contributed by atoms with Gasteiger partial charge < -0.3 is 4.85 Å². The fourth-order valence-electron chi connectivity index (χ4n) is 2.60. The number of aryl methyl sites for hydroxylation is 1. The van der Waals surface area contributed by atoms with Gasteiger partial charge in [-0.15, -0.1) is 0 Å². The quantitative estimate of drug-likeness (QED) is 0.764. The lowest BCUT2D eigenvalue weighted by molar-refractivity contribution is 0.428. The van der Waals surface area contributed by atoms with Crippen molar-refractivity contribution < 1.29 is 0 Å². The zero-order valence-corrected chi connectivity index (χ0v) is 9.90. The first-order valence-corrected chi connectivity index (χ1v) is 6.12. The number of aromatic nitrogens is 4. The van der Waals surface area contributed by atoms with E-state index in [0.29, 0.717) is 17.5 Å². The first-order chi connectivity index (χ1) is 8.29.